The van der Waals surface area contributed by atoms with Crippen LogP contribution in [0.1, 0.15) is 27.6 Å². The fourth-order valence-electron chi connectivity index (χ4n) is 1.68. The third kappa shape index (κ3) is 3.36. The molecule has 2 aromatic carbocycles. The maximum Gasteiger partial charge on any atom is 0.259 e. The fourth-order valence-corrected chi connectivity index (χ4v) is 2.17. The predicted octanol–water partition coefficient (Wildman–Crippen LogP) is 3.45. The lowest BCUT2D eigenvalue weighted by Crippen LogP contribution is -2.12. The molecule has 0 aliphatic heterocycles. The summed E-state index contributed by atoms with van der Waals surface area (Å²) in [5.74, 6) is -0.488. The van der Waals surface area contributed by atoms with Crippen molar-refractivity contribution in [3.05, 3.63) is 57.2 Å². The molecule has 0 unspecified atom stereocenters. The van der Waals surface area contributed by atoms with Crippen LogP contribution in [0.4, 0.5) is 5.69 Å². The number of phenols is 1. The zero-order chi connectivity index (χ0) is 14.7. The number of phenolic OH excluding ortho intramolecular Hbond substituents is 1. The number of carbonyl (C=O) groups is 2. The minimum Gasteiger partial charge on any atom is -0.507 e. The Morgan fingerprint density at radius 1 is 1.10 bits per heavy atom. The van der Waals surface area contributed by atoms with Crippen molar-refractivity contribution in [3.8, 4) is 5.75 Å². The monoisotopic (exact) mass is 381 g/mol. The van der Waals surface area contributed by atoms with Crippen molar-refractivity contribution < 1.29 is 14.7 Å². The molecule has 0 spiro atoms. The van der Waals surface area contributed by atoms with Gasteiger partial charge < -0.3 is 10.4 Å². The Labute approximate surface area is 130 Å². The molecule has 4 nitrogen and oxygen atoms in total. The number of rotatable bonds is 3. The Kier molecular flexibility index (Phi) is 4.39. The van der Waals surface area contributed by atoms with E-state index >= 15 is 0 Å². The lowest BCUT2D eigenvalue weighted by atomic mass is 10.1. The van der Waals surface area contributed by atoms with E-state index < -0.39 is 5.91 Å². The van der Waals surface area contributed by atoms with Crippen LogP contribution in [0.5, 0.6) is 5.75 Å². The Morgan fingerprint density at radius 3 is 2.35 bits per heavy atom. The first-order valence-corrected chi connectivity index (χ1v) is 6.96. The van der Waals surface area contributed by atoms with Gasteiger partial charge in [-0.3, -0.25) is 9.59 Å². The molecule has 0 aliphatic carbocycles. The van der Waals surface area contributed by atoms with Crippen LogP contribution in [0.15, 0.2) is 42.5 Å². The first-order chi connectivity index (χ1) is 9.47. The summed E-state index contributed by atoms with van der Waals surface area (Å²) in [6, 6.07) is 11.4. The predicted molar refractivity (Wildman–Crippen MR) is 85.2 cm³/mol. The highest BCUT2D eigenvalue weighted by Crippen LogP contribution is 2.21. The van der Waals surface area contributed by atoms with E-state index in [1.54, 1.807) is 36.4 Å². The van der Waals surface area contributed by atoms with E-state index in [2.05, 4.69) is 27.9 Å². The summed E-state index contributed by atoms with van der Waals surface area (Å²) in [7, 11) is 0. The molecule has 2 rings (SSSR count). The standard InChI is InChI=1S/C15H12INO3/c1-9(18)10-2-5-12(6-3-10)17-15(20)13-8-11(16)4-7-14(13)19/h2-8,19H,1H3,(H,17,20). The SMILES string of the molecule is CC(=O)c1ccc(NC(=O)c2cc(I)ccc2O)cc1. The van der Waals surface area contributed by atoms with Gasteiger partial charge in [-0.05, 0) is 72.0 Å². The minimum atomic E-state index is -0.392. The summed E-state index contributed by atoms with van der Waals surface area (Å²) >= 11 is 2.07. The quantitative estimate of drug-likeness (QED) is 0.632. The maximum absolute atomic E-state index is 12.1. The molecular formula is C15H12INO3. The highest BCUT2D eigenvalue weighted by molar-refractivity contribution is 14.1. The summed E-state index contributed by atoms with van der Waals surface area (Å²) < 4.78 is 0.859. The Balaban J connectivity index is 2.19. The average molecular weight is 381 g/mol. The van der Waals surface area contributed by atoms with Gasteiger partial charge in [-0.25, -0.2) is 0 Å². The van der Waals surface area contributed by atoms with Crippen molar-refractivity contribution >= 4 is 40.0 Å². The van der Waals surface area contributed by atoms with Crippen LogP contribution in [0, 0.1) is 3.57 Å². The van der Waals surface area contributed by atoms with E-state index in [0.29, 0.717) is 11.3 Å². The third-order valence-corrected chi connectivity index (χ3v) is 3.42. The molecule has 0 fully saturated rings. The van der Waals surface area contributed by atoms with Crippen LogP contribution < -0.4 is 5.32 Å². The van der Waals surface area contributed by atoms with Gasteiger partial charge in [-0.2, -0.15) is 0 Å². The molecular weight excluding hydrogens is 369 g/mol. The van der Waals surface area contributed by atoms with Crippen molar-refractivity contribution in [1.82, 2.24) is 0 Å². The third-order valence-electron chi connectivity index (χ3n) is 2.75. The van der Waals surface area contributed by atoms with E-state index in [0.717, 1.165) is 3.57 Å². The van der Waals surface area contributed by atoms with Crippen molar-refractivity contribution in [2.45, 2.75) is 6.92 Å². The first-order valence-electron chi connectivity index (χ1n) is 5.88. The zero-order valence-corrected chi connectivity index (χ0v) is 12.8. The molecule has 0 radical (unpaired) electrons. The van der Waals surface area contributed by atoms with Crippen LogP contribution in [-0.4, -0.2) is 16.8 Å². The number of hydrogen-bond acceptors (Lipinski definition) is 3. The van der Waals surface area contributed by atoms with E-state index in [9.17, 15) is 14.7 Å². The zero-order valence-electron chi connectivity index (χ0n) is 10.7. The number of Topliss-reactive ketones (excluding diaryl/α,β-unsaturated/α-hetero) is 1. The summed E-state index contributed by atoms with van der Waals surface area (Å²) in [5.41, 5.74) is 1.37. The number of benzene rings is 2. The molecule has 0 bridgehead atoms. The number of anilines is 1. The van der Waals surface area contributed by atoms with Gasteiger partial charge >= 0.3 is 0 Å². The van der Waals surface area contributed by atoms with Crippen molar-refractivity contribution in [2.75, 3.05) is 5.32 Å². The lowest BCUT2D eigenvalue weighted by molar-refractivity contribution is 0.101. The summed E-state index contributed by atoms with van der Waals surface area (Å²) in [6.07, 6.45) is 0. The van der Waals surface area contributed by atoms with Gasteiger partial charge in [0.25, 0.3) is 5.91 Å². The topological polar surface area (TPSA) is 66.4 Å². The number of halogens is 1. The Morgan fingerprint density at radius 2 is 1.75 bits per heavy atom. The van der Waals surface area contributed by atoms with Gasteiger partial charge in [0.2, 0.25) is 0 Å². The van der Waals surface area contributed by atoms with Crippen LogP contribution in [0.25, 0.3) is 0 Å². The molecule has 20 heavy (non-hydrogen) atoms. The van der Waals surface area contributed by atoms with Gasteiger partial charge in [-0.15, -0.1) is 0 Å². The second-order valence-electron chi connectivity index (χ2n) is 4.25. The number of amides is 1. The van der Waals surface area contributed by atoms with Crippen molar-refractivity contribution in [1.29, 1.82) is 0 Å². The summed E-state index contributed by atoms with van der Waals surface area (Å²) in [6.45, 7) is 1.48. The number of nitrogens with one attached hydrogen (secondary N) is 1. The summed E-state index contributed by atoms with van der Waals surface area (Å²) in [4.78, 5) is 23.2. The van der Waals surface area contributed by atoms with E-state index in [4.69, 9.17) is 0 Å². The first kappa shape index (κ1) is 14.5. The van der Waals surface area contributed by atoms with E-state index in [1.165, 1.54) is 13.0 Å². The van der Waals surface area contributed by atoms with Crippen LogP contribution in [0.2, 0.25) is 0 Å². The molecule has 0 atom stereocenters. The van der Waals surface area contributed by atoms with Gasteiger partial charge in [-0.1, -0.05) is 0 Å². The molecule has 0 aliphatic rings. The van der Waals surface area contributed by atoms with Crippen LogP contribution in [-0.2, 0) is 0 Å². The Hall–Kier alpha value is -1.89. The molecule has 0 aromatic heterocycles. The summed E-state index contributed by atoms with van der Waals surface area (Å²) in [5, 5.41) is 12.4. The number of hydrogen-bond donors (Lipinski definition) is 2. The molecule has 102 valence electrons. The molecule has 0 saturated carbocycles. The van der Waals surface area contributed by atoms with Gasteiger partial charge in [0.15, 0.2) is 5.78 Å². The Bertz CT molecular complexity index is 665. The van der Waals surface area contributed by atoms with Gasteiger partial charge in [0.1, 0.15) is 5.75 Å². The second kappa shape index (κ2) is 6.04. The second-order valence-corrected chi connectivity index (χ2v) is 5.49. The van der Waals surface area contributed by atoms with E-state index in [1.807, 2.05) is 0 Å². The number of ketones is 1. The molecule has 2 N–H and O–H groups in total. The van der Waals surface area contributed by atoms with Gasteiger partial charge in [0.05, 0.1) is 5.56 Å². The van der Waals surface area contributed by atoms with Crippen molar-refractivity contribution in [3.63, 3.8) is 0 Å². The largest absolute Gasteiger partial charge is 0.507 e. The maximum atomic E-state index is 12.1. The lowest BCUT2D eigenvalue weighted by Gasteiger charge is -2.07. The van der Waals surface area contributed by atoms with Crippen LogP contribution >= 0.6 is 22.6 Å². The van der Waals surface area contributed by atoms with Crippen molar-refractivity contribution in [2.24, 2.45) is 0 Å². The normalized spacial score (nSPS) is 10.1. The molecule has 2 aromatic rings. The number of aromatic hydroxyl groups is 1. The molecule has 0 saturated heterocycles. The highest BCUT2D eigenvalue weighted by Gasteiger charge is 2.12. The number of carbonyl (C=O) groups excluding carboxylic acids is 2. The average Bonchev–Trinajstić information content (AvgIpc) is 2.42. The fraction of sp³-hybridized carbons (Fsp3) is 0.0667. The highest BCUT2D eigenvalue weighted by atomic mass is 127. The smallest absolute Gasteiger partial charge is 0.259 e. The molecule has 0 heterocycles. The minimum absolute atomic E-state index is 0.0295. The molecule has 1 amide bonds. The van der Waals surface area contributed by atoms with Crippen LogP contribution in [0.3, 0.4) is 0 Å². The van der Waals surface area contributed by atoms with E-state index in [-0.39, 0.29) is 17.1 Å². The molecule has 5 heteroatoms. The van der Waals surface area contributed by atoms with Gasteiger partial charge in [0, 0.05) is 14.8 Å².